The lowest BCUT2D eigenvalue weighted by Crippen LogP contribution is -2.36. The zero-order valence-electron chi connectivity index (χ0n) is 13.0. The van der Waals surface area contributed by atoms with Crippen LogP contribution in [0, 0.1) is 0 Å². The largest absolute Gasteiger partial charge is 0.374 e. The van der Waals surface area contributed by atoms with Gasteiger partial charge in [-0.25, -0.2) is 5.43 Å². The van der Waals surface area contributed by atoms with Gasteiger partial charge >= 0.3 is 0 Å². The van der Waals surface area contributed by atoms with Gasteiger partial charge in [0.25, 0.3) is 0 Å². The molecule has 0 amide bonds. The summed E-state index contributed by atoms with van der Waals surface area (Å²) in [5.41, 5.74) is 3.40. The SMILES string of the molecule is CN(C)CCn1ncc(Cl)c1C(COC(C)(C)C)NN. The Morgan fingerprint density at radius 1 is 1.50 bits per heavy atom. The van der Waals surface area contributed by atoms with Gasteiger partial charge in [-0.2, -0.15) is 5.10 Å². The van der Waals surface area contributed by atoms with E-state index < -0.39 is 0 Å². The normalized spacial score (nSPS) is 14.0. The van der Waals surface area contributed by atoms with E-state index in [-0.39, 0.29) is 11.6 Å². The molecule has 1 atom stereocenters. The molecule has 20 heavy (non-hydrogen) atoms. The Balaban J connectivity index is 2.82. The Labute approximate surface area is 126 Å². The predicted octanol–water partition coefficient (Wildman–Crippen LogP) is 1.42. The van der Waals surface area contributed by atoms with Crippen molar-refractivity contribution in [2.45, 2.75) is 39.0 Å². The summed E-state index contributed by atoms with van der Waals surface area (Å²) in [6, 6.07) is -0.189. The first-order valence-electron chi connectivity index (χ1n) is 6.70. The van der Waals surface area contributed by atoms with Crippen LogP contribution in [-0.2, 0) is 11.3 Å². The maximum absolute atomic E-state index is 6.24. The number of nitrogens with one attached hydrogen (secondary N) is 1. The Bertz CT molecular complexity index is 413. The predicted molar refractivity (Wildman–Crippen MR) is 81.6 cm³/mol. The minimum atomic E-state index is -0.226. The van der Waals surface area contributed by atoms with E-state index in [0.717, 1.165) is 18.8 Å². The van der Waals surface area contributed by atoms with Crippen LogP contribution in [0.1, 0.15) is 32.5 Å². The molecule has 0 aliphatic carbocycles. The number of nitrogens with two attached hydrogens (primary N) is 1. The number of nitrogens with zero attached hydrogens (tertiary/aromatic N) is 3. The van der Waals surface area contributed by atoms with Gasteiger partial charge in [0, 0.05) is 6.54 Å². The summed E-state index contributed by atoms with van der Waals surface area (Å²) < 4.78 is 7.66. The fourth-order valence-electron chi connectivity index (χ4n) is 1.73. The molecule has 0 radical (unpaired) electrons. The van der Waals surface area contributed by atoms with Gasteiger partial charge in [0.05, 0.1) is 41.7 Å². The molecule has 0 saturated carbocycles. The van der Waals surface area contributed by atoms with Gasteiger partial charge in [-0.05, 0) is 34.9 Å². The highest BCUT2D eigenvalue weighted by atomic mass is 35.5. The number of aromatic nitrogens is 2. The van der Waals surface area contributed by atoms with E-state index >= 15 is 0 Å². The quantitative estimate of drug-likeness (QED) is 0.589. The number of rotatable bonds is 7. The van der Waals surface area contributed by atoms with Gasteiger partial charge in [-0.3, -0.25) is 10.5 Å². The summed E-state index contributed by atoms with van der Waals surface area (Å²) in [5.74, 6) is 5.65. The molecule has 0 aromatic carbocycles. The summed E-state index contributed by atoms with van der Waals surface area (Å²) >= 11 is 6.24. The van der Waals surface area contributed by atoms with Crippen LogP contribution in [0.4, 0.5) is 0 Å². The van der Waals surface area contributed by atoms with E-state index in [9.17, 15) is 0 Å². The molecule has 0 fully saturated rings. The van der Waals surface area contributed by atoms with Crippen molar-refractivity contribution in [1.29, 1.82) is 0 Å². The first-order chi connectivity index (χ1) is 9.24. The first-order valence-corrected chi connectivity index (χ1v) is 7.08. The van der Waals surface area contributed by atoms with Crippen LogP contribution >= 0.6 is 11.6 Å². The van der Waals surface area contributed by atoms with Crippen LogP contribution in [0.3, 0.4) is 0 Å². The van der Waals surface area contributed by atoms with Crippen molar-refractivity contribution in [3.8, 4) is 0 Å². The molecule has 0 spiro atoms. The number of hydrogen-bond donors (Lipinski definition) is 2. The van der Waals surface area contributed by atoms with Crippen LogP contribution < -0.4 is 11.3 Å². The number of hydrogen-bond acceptors (Lipinski definition) is 5. The van der Waals surface area contributed by atoms with Crippen LogP contribution in [-0.4, -0.2) is 47.5 Å². The van der Waals surface area contributed by atoms with Gasteiger partial charge in [0.2, 0.25) is 0 Å². The van der Waals surface area contributed by atoms with E-state index in [4.69, 9.17) is 22.2 Å². The third-order valence-corrected chi connectivity index (χ3v) is 3.10. The molecule has 0 bridgehead atoms. The molecule has 0 saturated heterocycles. The van der Waals surface area contributed by atoms with E-state index in [0.29, 0.717) is 11.6 Å². The lowest BCUT2D eigenvalue weighted by molar-refractivity contribution is -0.0158. The Morgan fingerprint density at radius 3 is 2.65 bits per heavy atom. The van der Waals surface area contributed by atoms with Crippen molar-refractivity contribution in [2.75, 3.05) is 27.2 Å². The van der Waals surface area contributed by atoms with Gasteiger partial charge in [-0.1, -0.05) is 11.6 Å². The topological polar surface area (TPSA) is 68.3 Å². The molecular weight excluding hydrogens is 278 g/mol. The van der Waals surface area contributed by atoms with Crippen molar-refractivity contribution in [3.05, 3.63) is 16.9 Å². The average molecular weight is 304 g/mol. The Hall–Kier alpha value is -0.660. The molecule has 1 heterocycles. The summed E-state index contributed by atoms with van der Waals surface area (Å²) in [7, 11) is 4.04. The smallest absolute Gasteiger partial charge is 0.0877 e. The van der Waals surface area contributed by atoms with E-state index in [1.807, 2.05) is 39.5 Å². The summed E-state index contributed by atoms with van der Waals surface area (Å²) in [5, 5.41) is 4.91. The van der Waals surface area contributed by atoms with Gasteiger partial charge < -0.3 is 9.64 Å². The lowest BCUT2D eigenvalue weighted by Gasteiger charge is -2.25. The number of halogens is 1. The van der Waals surface area contributed by atoms with Crippen LogP contribution in [0.5, 0.6) is 0 Å². The first kappa shape index (κ1) is 17.4. The highest BCUT2D eigenvalue weighted by molar-refractivity contribution is 6.31. The zero-order valence-corrected chi connectivity index (χ0v) is 13.7. The zero-order chi connectivity index (χ0) is 15.3. The molecule has 7 heteroatoms. The summed E-state index contributed by atoms with van der Waals surface area (Å²) in [6.45, 7) is 8.08. The van der Waals surface area contributed by atoms with Crippen molar-refractivity contribution < 1.29 is 4.74 Å². The van der Waals surface area contributed by atoms with Gasteiger partial charge in [-0.15, -0.1) is 0 Å². The molecule has 3 N–H and O–H groups in total. The van der Waals surface area contributed by atoms with Crippen LogP contribution in [0.25, 0.3) is 0 Å². The molecule has 1 unspecified atom stereocenters. The van der Waals surface area contributed by atoms with Crippen molar-refractivity contribution >= 4 is 11.6 Å². The van der Waals surface area contributed by atoms with E-state index in [1.165, 1.54) is 0 Å². The van der Waals surface area contributed by atoms with Gasteiger partial charge in [0.15, 0.2) is 0 Å². The van der Waals surface area contributed by atoms with Crippen molar-refractivity contribution in [1.82, 2.24) is 20.1 Å². The van der Waals surface area contributed by atoms with E-state index in [1.54, 1.807) is 6.20 Å². The number of hydrazine groups is 1. The molecule has 116 valence electrons. The lowest BCUT2D eigenvalue weighted by atomic mass is 10.1. The molecule has 6 nitrogen and oxygen atoms in total. The molecule has 1 aromatic heterocycles. The second-order valence-electron chi connectivity index (χ2n) is 6.05. The van der Waals surface area contributed by atoms with Crippen molar-refractivity contribution in [3.63, 3.8) is 0 Å². The number of ether oxygens (including phenoxy) is 1. The van der Waals surface area contributed by atoms with Crippen LogP contribution in [0.15, 0.2) is 6.20 Å². The van der Waals surface area contributed by atoms with Crippen LogP contribution in [0.2, 0.25) is 5.02 Å². The maximum atomic E-state index is 6.24. The molecule has 0 aliphatic heterocycles. The highest BCUT2D eigenvalue weighted by Crippen LogP contribution is 2.24. The third kappa shape index (κ3) is 5.38. The Kier molecular flexibility index (Phi) is 6.42. The second-order valence-corrected chi connectivity index (χ2v) is 6.45. The minimum Gasteiger partial charge on any atom is -0.374 e. The third-order valence-electron chi connectivity index (χ3n) is 2.81. The second kappa shape index (κ2) is 7.38. The minimum absolute atomic E-state index is 0.189. The van der Waals surface area contributed by atoms with Gasteiger partial charge in [0.1, 0.15) is 0 Å². The number of likely N-dealkylation sites (N-methyl/N-ethyl adjacent to an activating group) is 1. The summed E-state index contributed by atoms with van der Waals surface area (Å²) in [4.78, 5) is 2.09. The Morgan fingerprint density at radius 2 is 2.15 bits per heavy atom. The molecule has 0 aliphatic rings. The average Bonchev–Trinajstić information content (AvgIpc) is 2.68. The highest BCUT2D eigenvalue weighted by Gasteiger charge is 2.22. The monoisotopic (exact) mass is 303 g/mol. The van der Waals surface area contributed by atoms with Crippen molar-refractivity contribution in [2.24, 2.45) is 5.84 Å². The fraction of sp³-hybridized carbons (Fsp3) is 0.769. The molecule has 1 rings (SSSR count). The molecular formula is C13H26ClN5O. The fourth-order valence-corrected chi connectivity index (χ4v) is 2.00. The van der Waals surface area contributed by atoms with E-state index in [2.05, 4.69) is 15.4 Å². The summed E-state index contributed by atoms with van der Waals surface area (Å²) in [6.07, 6.45) is 1.65. The maximum Gasteiger partial charge on any atom is 0.0877 e. The molecule has 1 aromatic rings. The standard InChI is InChI=1S/C13H26ClN5O/c1-13(2,3)20-9-11(17-15)12-10(14)8-16-19(12)7-6-18(4)5/h8,11,17H,6-7,9,15H2,1-5H3.